The Kier molecular flexibility index (Phi) is 15.8. The van der Waals surface area contributed by atoms with Crippen LogP contribution in [0.15, 0.2) is 332 Å². The van der Waals surface area contributed by atoms with Crippen molar-refractivity contribution < 1.29 is 9.31 Å². The number of hydrogen-bond donors (Lipinski definition) is 0. The zero-order valence-corrected chi connectivity index (χ0v) is 60.2. The van der Waals surface area contributed by atoms with Crippen molar-refractivity contribution in [3.63, 3.8) is 0 Å². The van der Waals surface area contributed by atoms with Gasteiger partial charge in [-0.2, -0.15) is 0 Å². The van der Waals surface area contributed by atoms with Gasteiger partial charge in [0.2, 0.25) is 0 Å². The summed E-state index contributed by atoms with van der Waals surface area (Å²) in [5.74, 6) is 0. The van der Waals surface area contributed by atoms with Crippen LogP contribution in [0.4, 0.5) is 0 Å². The van der Waals surface area contributed by atoms with E-state index in [1.165, 1.54) is 75.4 Å². The van der Waals surface area contributed by atoms with Crippen molar-refractivity contribution in [2.45, 2.75) is 38.9 Å². The van der Waals surface area contributed by atoms with Gasteiger partial charge in [-0.1, -0.05) is 283 Å². The SMILES string of the molecule is Brc1ccc(-c2ccc3ccc4cccnc4c3n2)cc1.CC1(C)OB(c2ccc(-c3nc4ccccc4c4c5ccccc5c5ccccc5c34)cc2)OC1(C)C.c1cnc2c(c1)ccc1ccc(-c3ccc(-c4ccc(-c5nc6ccccc6c6c7ccccc7c7ccccc7c56)cc4)cc3)nc12. The molecule has 1 aliphatic rings. The predicted octanol–water partition coefficient (Wildman–Crippen LogP) is 24.7. The molecule has 7 heterocycles. The number of fused-ring (bicyclic) bond motifs is 22. The van der Waals surface area contributed by atoms with E-state index in [4.69, 9.17) is 29.2 Å². The monoisotopic (exact) mass is 1420 g/mol. The molecule has 1 aliphatic heterocycles. The summed E-state index contributed by atoms with van der Waals surface area (Å²) in [7, 11) is -0.384. The first kappa shape index (κ1) is 64.4. The van der Waals surface area contributed by atoms with Crippen molar-refractivity contribution >= 4 is 159 Å². The minimum atomic E-state index is -0.384. The molecular weight excluding hydrogens is 1360 g/mol. The molecule has 502 valence electrons. The number of rotatable bonds is 6. The summed E-state index contributed by atoms with van der Waals surface area (Å²) >= 11 is 3.46. The van der Waals surface area contributed by atoms with Crippen molar-refractivity contribution in [3.8, 4) is 56.2 Å². The van der Waals surface area contributed by atoms with Crippen LogP contribution in [0.2, 0.25) is 0 Å². The Bertz CT molecular complexity index is 6900. The molecule has 20 aromatic rings. The van der Waals surface area contributed by atoms with Crippen LogP contribution in [0.3, 0.4) is 0 Å². The van der Waals surface area contributed by atoms with E-state index in [1.807, 2.05) is 36.7 Å². The molecule has 8 nitrogen and oxygen atoms in total. The maximum Gasteiger partial charge on any atom is 0.494 e. The van der Waals surface area contributed by atoms with E-state index >= 15 is 0 Å². The molecule has 6 aromatic heterocycles. The molecule has 0 bridgehead atoms. The molecule has 0 aliphatic carbocycles. The van der Waals surface area contributed by atoms with E-state index < -0.39 is 0 Å². The third kappa shape index (κ3) is 11.2. The number of pyridine rings is 6. The second-order valence-electron chi connectivity index (χ2n) is 28.3. The standard InChI is InChI=1S/C45H27N3.C33H28BNO2.C18H11BrN2/c1-3-11-36-34(9-1)35-10-2-4-12-37(35)42-41(36)38-13-5-6-14-40(38)48-43(42)32-21-17-29(18-22-32)28-15-19-30(20-16-28)39-26-25-33-24-23-31-8-7-27-46-44(31)45(33)47-39;1-32(2)33(3,4)37-34(36-32)22-19-17-21(18-20-22)31-30-26-14-8-6-12-24(26)23-11-5-7-13-25(23)29(30)27-15-9-10-16-28(27)35-31;19-15-8-5-12(6-9-15)16-10-7-14-4-3-13-2-1-11-20-17(13)18(14)21-16/h1-27H;5-20H,1-4H3;1-11H. The third-order valence-electron chi connectivity index (χ3n) is 21.5. The topological polar surface area (TPSA) is 95.8 Å². The van der Waals surface area contributed by atoms with Crippen molar-refractivity contribution in [2.24, 2.45) is 0 Å². The summed E-state index contributed by atoms with van der Waals surface area (Å²) in [5.41, 5.74) is 16.7. The second kappa shape index (κ2) is 26.1. The first-order chi connectivity index (χ1) is 51.9. The van der Waals surface area contributed by atoms with Crippen LogP contribution in [0.1, 0.15) is 27.7 Å². The summed E-state index contributed by atoms with van der Waals surface area (Å²) in [5, 5.41) is 21.7. The Hall–Kier alpha value is -12.4. The molecule has 106 heavy (non-hydrogen) atoms. The van der Waals surface area contributed by atoms with Crippen LogP contribution in [0, 0.1) is 0 Å². The first-order valence-corrected chi connectivity index (χ1v) is 36.7. The maximum atomic E-state index is 6.29. The highest BCUT2D eigenvalue weighted by molar-refractivity contribution is 9.10. The molecule has 1 fully saturated rings. The van der Waals surface area contributed by atoms with Gasteiger partial charge in [0.05, 0.1) is 67.1 Å². The van der Waals surface area contributed by atoms with Crippen LogP contribution in [-0.2, 0) is 9.31 Å². The third-order valence-corrected chi connectivity index (χ3v) is 22.1. The molecule has 14 aromatic carbocycles. The molecule has 0 spiro atoms. The lowest BCUT2D eigenvalue weighted by atomic mass is 9.78. The molecule has 0 amide bonds. The number of nitrogens with zero attached hydrogens (tertiary/aromatic N) is 6. The minimum absolute atomic E-state index is 0.369. The van der Waals surface area contributed by atoms with Gasteiger partial charge in [0.1, 0.15) is 0 Å². The Morgan fingerprint density at radius 3 is 0.981 bits per heavy atom. The van der Waals surface area contributed by atoms with Gasteiger partial charge in [-0.3, -0.25) is 9.97 Å². The van der Waals surface area contributed by atoms with E-state index in [-0.39, 0.29) is 18.3 Å². The highest BCUT2D eigenvalue weighted by atomic mass is 79.9. The highest BCUT2D eigenvalue weighted by Crippen LogP contribution is 2.46. The van der Waals surface area contributed by atoms with Gasteiger partial charge in [-0.15, -0.1) is 0 Å². The summed E-state index contributed by atoms with van der Waals surface area (Å²) in [6, 6.07) is 111. The van der Waals surface area contributed by atoms with Gasteiger partial charge >= 0.3 is 7.12 Å². The van der Waals surface area contributed by atoms with Gasteiger partial charge in [0.25, 0.3) is 0 Å². The normalized spacial score (nSPS) is 13.4. The minimum Gasteiger partial charge on any atom is -0.399 e. The smallest absolute Gasteiger partial charge is 0.399 e. The molecule has 0 unspecified atom stereocenters. The van der Waals surface area contributed by atoms with E-state index in [0.717, 1.165) is 121 Å². The zero-order chi connectivity index (χ0) is 71.2. The van der Waals surface area contributed by atoms with Crippen molar-refractivity contribution in [1.29, 1.82) is 0 Å². The van der Waals surface area contributed by atoms with Crippen LogP contribution < -0.4 is 5.46 Å². The summed E-state index contributed by atoms with van der Waals surface area (Å²) < 4.78 is 13.7. The molecule has 21 rings (SSSR count). The van der Waals surface area contributed by atoms with Gasteiger partial charge in [0, 0.05) is 93.0 Å². The van der Waals surface area contributed by atoms with E-state index in [2.05, 4.69) is 345 Å². The number of hydrogen-bond acceptors (Lipinski definition) is 8. The van der Waals surface area contributed by atoms with E-state index in [0.29, 0.717) is 0 Å². The average Bonchev–Trinajstić information content (AvgIpc) is 0.942. The summed E-state index contributed by atoms with van der Waals surface area (Å²) in [6.45, 7) is 8.34. The average molecular weight is 1430 g/mol. The van der Waals surface area contributed by atoms with E-state index in [9.17, 15) is 0 Å². The molecule has 10 heteroatoms. The molecule has 0 N–H and O–H groups in total. The van der Waals surface area contributed by atoms with Gasteiger partial charge in [-0.25, -0.2) is 19.9 Å². The van der Waals surface area contributed by atoms with Crippen LogP contribution in [0.5, 0.6) is 0 Å². The first-order valence-electron chi connectivity index (χ1n) is 35.9. The predicted molar refractivity (Wildman–Crippen MR) is 447 cm³/mol. The Morgan fingerprint density at radius 2 is 0.575 bits per heavy atom. The van der Waals surface area contributed by atoms with Gasteiger partial charge in [0.15, 0.2) is 0 Å². The lowest BCUT2D eigenvalue weighted by molar-refractivity contribution is 0.00578. The Balaban J connectivity index is 0.000000117. The van der Waals surface area contributed by atoms with Crippen molar-refractivity contribution in [3.05, 3.63) is 332 Å². The fourth-order valence-electron chi connectivity index (χ4n) is 15.5. The van der Waals surface area contributed by atoms with Crippen LogP contribution >= 0.6 is 15.9 Å². The van der Waals surface area contributed by atoms with E-state index in [1.54, 1.807) is 0 Å². The zero-order valence-electron chi connectivity index (χ0n) is 58.6. The fraction of sp³-hybridized carbons (Fsp3) is 0.0625. The maximum absolute atomic E-state index is 6.29. The number of para-hydroxylation sites is 2. The number of aromatic nitrogens is 6. The van der Waals surface area contributed by atoms with Crippen molar-refractivity contribution in [2.75, 3.05) is 0 Å². The highest BCUT2D eigenvalue weighted by Gasteiger charge is 2.51. The lowest BCUT2D eigenvalue weighted by Gasteiger charge is -2.32. The largest absolute Gasteiger partial charge is 0.494 e. The fourth-order valence-corrected chi connectivity index (χ4v) is 15.8. The molecule has 0 saturated carbocycles. The van der Waals surface area contributed by atoms with Crippen LogP contribution in [-0.4, -0.2) is 48.2 Å². The van der Waals surface area contributed by atoms with Crippen molar-refractivity contribution in [1.82, 2.24) is 29.9 Å². The lowest BCUT2D eigenvalue weighted by Crippen LogP contribution is -2.41. The van der Waals surface area contributed by atoms with Gasteiger partial charge in [-0.05, 0) is 136 Å². The molecule has 0 radical (unpaired) electrons. The Morgan fingerprint density at radius 1 is 0.264 bits per heavy atom. The van der Waals surface area contributed by atoms with Crippen LogP contribution in [0.25, 0.3) is 186 Å². The molecular formula is C96H66BBrN6O2. The van der Waals surface area contributed by atoms with Gasteiger partial charge < -0.3 is 9.31 Å². The second-order valence-corrected chi connectivity index (χ2v) is 29.2. The quantitative estimate of drug-likeness (QED) is 0.120. The molecule has 1 saturated heterocycles. The summed E-state index contributed by atoms with van der Waals surface area (Å²) in [4.78, 5) is 29.5. The molecule has 0 atom stereocenters. The Labute approximate surface area is 621 Å². The summed E-state index contributed by atoms with van der Waals surface area (Å²) in [6.07, 6.45) is 3.65. The number of benzene rings is 14. The number of halogens is 1.